The molecular weight excluding hydrogens is 306 g/mol. The zero-order valence-electron chi connectivity index (χ0n) is 13.9. The maximum absolute atomic E-state index is 12.9. The minimum Gasteiger partial charge on any atom is -0.495 e. The number of rotatable bonds is 3. The maximum atomic E-state index is 12.9. The van der Waals surface area contributed by atoms with Gasteiger partial charge in [-0.05, 0) is 38.3 Å². The van der Waals surface area contributed by atoms with E-state index in [-0.39, 0.29) is 17.4 Å². The van der Waals surface area contributed by atoms with Crippen LogP contribution in [-0.4, -0.2) is 55.8 Å². The lowest BCUT2D eigenvalue weighted by Gasteiger charge is -2.35. The molecule has 3 N–H and O–H groups in total. The Morgan fingerprint density at radius 1 is 1.50 bits per heavy atom. The van der Waals surface area contributed by atoms with Gasteiger partial charge in [0.15, 0.2) is 0 Å². The lowest BCUT2D eigenvalue weighted by molar-refractivity contribution is -0.127. The second-order valence-corrected chi connectivity index (χ2v) is 7.90. The van der Waals surface area contributed by atoms with E-state index in [2.05, 4.69) is 10.2 Å². The maximum Gasteiger partial charge on any atom is 0.231 e. The van der Waals surface area contributed by atoms with Gasteiger partial charge >= 0.3 is 0 Å². The van der Waals surface area contributed by atoms with E-state index in [1.807, 2.05) is 12.2 Å². The van der Waals surface area contributed by atoms with Crippen molar-refractivity contribution < 1.29 is 14.3 Å². The van der Waals surface area contributed by atoms with Gasteiger partial charge in [0.25, 0.3) is 0 Å². The third-order valence-corrected chi connectivity index (χ3v) is 6.69. The van der Waals surface area contributed by atoms with Crippen molar-refractivity contribution in [2.75, 3.05) is 32.8 Å². The van der Waals surface area contributed by atoms with Crippen LogP contribution in [0.3, 0.4) is 0 Å². The monoisotopic (exact) mass is 331 g/mol. The Labute approximate surface area is 142 Å². The fourth-order valence-electron chi connectivity index (χ4n) is 5.24. The summed E-state index contributed by atoms with van der Waals surface area (Å²) in [6, 6.07) is 0.592. The number of amides is 1. The van der Waals surface area contributed by atoms with Crippen molar-refractivity contribution in [2.45, 2.75) is 37.8 Å². The first-order valence-corrected chi connectivity index (χ1v) is 9.11. The SMILES string of the molecule is NC1=C2OCC[C@@]23C[C@]3(C(=O)NC[C@@H]2CN3CCC[C@@H]3CO2)C=C1. The number of morpholine rings is 1. The van der Waals surface area contributed by atoms with Crippen molar-refractivity contribution >= 4 is 5.91 Å². The number of carbonyl (C=O) groups is 1. The lowest BCUT2D eigenvalue weighted by atomic mass is 9.84. The summed E-state index contributed by atoms with van der Waals surface area (Å²) in [6.45, 7) is 4.14. The van der Waals surface area contributed by atoms with Crippen molar-refractivity contribution in [3.8, 4) is 0 Å². The molecule has 0 aromatic rings. The van der Waals surface area contributed by atoms with Gasteiger partial charge in [0.05, 0.1) is 35.8 Å². The van der Waals surface area contributed by atoms with E-state index in [4.69, 9.17) is 15.2 Å². The summed E-state index contributed by atoms with van der Waals surface area (Å²) >= 11 is 0. The molecule has 6 nitrogen and oxygen atoms in total. The minimum absolute atomic E-state index is 0.0985. The van der Waals surface area contributed by atoms with E-state index in [0.29, 0.717) is 24.9 Å². The first kappa shape index (κ1) is 14.8. The fourth-order valence-corrected chi connectivity index (χ4v) is 5.24. The second-order valence-electron chi connectivity index (χ2n) is 7.90. The van der Waals surface area contributed by atoms with Gasteiger partial charge in [0, 0.05) is 19.1 Å². The van der Waals surface area contributed by atoms with Gasteiger partial charge in [0.1, 0.15) is 5.76 Å². The molecule has 5 aliphatic rings. The number of carbonyl (C=O) groups excluding carboxylic acids is 1. The van der Waals surface area contributed by atoms with Crippen LogP contribution >= 0.6 is 0 Å². The van der Waals surface area contributed by atoms with Gasteiger partial charge < -0.3 is 20.5 Å². The summed E-state index contributed by atoms with van der Waals surface area (Å²) in [5, 5.41) is 3.15. The molecule has 0 radical (unpaired) electrons. The van der Waals surface area contributed by atoms with E-state index >= 15 is 0 Å². The molecule has 6 heteroatoms. The zero-order chi connectivity index (χ0) is 16.4. The smallest absolute Gasteiger partial charge is 0.231 e. The Morgan fingerprint density at radius 2 is 2.42 bits per heavy atom. The molecule has 5 rings (SSSR count). The number of hydrogen-bond donors (Lipinski definition) is 2. The highest BCUT2D eigenvalue weighted by molar-refractivity contribution is 5.91. The predicted molar refractivity (Wildman–Crippen MR) is 87.8 cm³/mol. The van der Waals surface area contributed by atoms with Crippen molar-refractivity contribution in [3.05, 3.63) is 23.6 Å². The Bertz CT molecular complexity index is 645. The summed E-state index contributed by atoms with van der Waals surface area (Å²) in [5.41, 5.74) is 6.10. The molecule has 3 saturated heterocycles. The topological polar surface area (TPSA) is 76.8 Å². The average Bonchev–Trinajstić information content (AvgIpc) is 2.90. The Morgan fingerprint density at radius 3 is 3.33 bits per heavy atom. The van der Waals surface area contributed by atoms with Crippen molar-refractivity contribution in [1.29, 1.82) is 0 Å². The minimum atomic E-state index is -0.452. The highest BCUT2D eigenvalue weighted by Crippen LogP contribution is 2.74. The van der Waals surface area contributed by atoms with E-state index in [9.17, 15) is 4.79 Å². The van der Waals surface area contributed by atoms with Crippen LogP contribution in [0.4, 0.5) is 0 Å². The number of nitrogens with two attached hydrogens (primary N) is 1. The number of ether oxygens (including phenoxy) is 2. The molecule has 24 heavy (non-hydrogen) atoms. The molecule has 0 aromatic heterocycles. The molecule has 130 valence electrons. The molecule has 3 aliphatic heterocycles. The molecule has 4 atom stereocenters. The number of allylic oxidation sites excluding steroid dienone is 2. The summed E-state index contributed by atoms with van der Waals surface area (Å²) < 4.78 is 11.7. The van der Waals surface area contributed by atoms with Crippen LogP contribution in [0, 0.1) is 10.8 Å². The first-order valence-electron chi connectivity index (χ1n) is 9.11. The highest BCUT2D eigenvalue weighted by atomic mass is 16.5. The highest BCUT2D eigenvalue weighted by Gasteiger charge is 2.75. The van der Waals surface area contributed by atoms with Crippen LogP contribution in [0.5, 0.6) is 0 Å². The molecule has 0 unspecified atom stereocenters. The molecule has 1 amide bonds. The Kier molecular flexibility index (Phi) is 3.07. The number of nitrogens with one attached hydrogen (secondary N) is 1. The molecule has 4 fully saturated rings. The van der Waals surface area contributed by atoms with Gasteiger partial charge in [-0.3, -0.25) is 9.69 Å². The van der Waals surface area contributed by atoms with Gasteiger partial charge in [-0.2, -0.15) is 0 Å². The number of hydrogen-bond acceptors (Lipinski definition) is 5. The number of fused-ring (bicyclic) bond motifs is 1. The van der Waals surface area contributed by atoms with Crippen LogP contribution in [0.15, 0.2) is 23.6 Å². The summed E-state index contributed by atoms with van der Waals surface area (Å²) in [6.07, 6.45) is 8.15. The van der Waals surface area contributed by atoms with Crippen molar-refractivity contribution in [2.24, 2.45) is 16.6 Å². The van der Waals surface area contributed by atoms with E-state index in [1.165, 1.54) is 19.4 Å². The molecule has 0 bridgehead atoms. The molecular formula is C18H25N3O3. The van der Waals surface area contributed by atoms with E-state index in [1.54, 1.807) is 0 Å². The summed E-state index contributed by atoms with van der Waals surface area (Å²) in [4.78, 5) is 15.4. The quantitative estimate of drug-likeness (QED) is 0.788. The van der Waals surface area contributed by atoms with Gasteiger partial charge in [-0.15, -0.1) is 0 Å². The summed E-state index contributed by atoms with van der Waals surface area (Å²) in [5.74, 6) is 0.940. The molecule has 1 saturated carbocycles. The number of nitrogens with zero attached hydrogens (tertiary/aromatic N) is 1. The van der Waals surface area contributed by atoms with Crippen LogP contribution in [0.1, 0.15) is 25.7 Å². The average molecular weight is 331 g/mol. The van der Waals surface area contributed by atoms with Gasteiger partial charge in [-0.1, -0.05) is 6.08 Å². The largest absolute Gasteiger partial charge is 0.495 e. The first-order chi connectivity index (χ1) is 11.6. The standard InChI is InChI=1S/C18H25N3O3/c19-14-3-4-18(11-17(18)5-7-23-15(14)17)16(22)20-8-13-9-21-6-1-2-12(21)10-24-13/h3-4,12-13H,1-2,5-11,19H2,(H,20,22)/t12-,13-,17-,18+/m1/s1. The third kappa shape index (κ3) is 1.87. The fraction of sp³-hybridized carbons (Fsp3) is 0.722. The van der Waals surface area contributed by atoms with Gasteiger partial charge in [0.2, 0.25) is 5.91 Å². The van der Waals surface area contributed by atoms with Crippen LogP contribution < -0.4 is 11.1 Å². The normalized spacial score (nSPS) is 43.0. The molecule has 2 aliphatic carbocycles. The Hall–Kier alpha value is -1.53. The summed E-state index contributed by atoms with van der Waals surface area (Å²) in [7, 11) is 0. The van der Waals surface area contributed by atoms with Crippen molar-refractivity contribution in [1.82, 2.24) is 10.2 Å². The van der Waals surface area contributed by atoms with Crippen LogP contribution in [0.2, 0.25) is 0 Å². The lowest BCUT2D eigenvalue weighted by Crippen LogP contribution is -2.51. The van der Waals surface area contributed by atoms with E-state index in [0.717, 1.165) is 31.8 Å². The molecule has 0 aromatic carbocycles. The zero-order valence-corrected chi connectivity index (χ0v) is 13.9. The molecule has 1 spiro atoms. The van der Waals surface area contributed by atoms with Gasteiger partial charge in [-0.25, -0.2) is 0 Å². The molecule has 3 heterocycles. The third-order valence-electron chi connectivity index (χ3n) is 6.69. The predicted octanol–water partition coefficient (Wildman–Crippen LogP) is 0.503. The Balaban J connectivity index is 1.24. The van der Waals surface area contributed by atoms with Crippen LogP contribution in [0.25, 0.3) is 0 Å². The second kappa shape index (κ2) is 4.99. The van der Waals surface area contributed by atoms with Crippen molar-refractivity contribution in [3.63, 3.8) is 0 Å². The van der Waals surface area contributed by atoms with Crippen LogP contribution in [-0.2, 0) is 14.3 Å². The van der Waals surface area contributed by atoms with E-state index < -0.39 is 5.41 Å².